The van der Waals surface area contributed by atoms with E-state index in [2.05, 4.69) is 25.9 Å². The highest BCUT2D eigenvalue weighted by Gasteiger charge is 2.14. The normalized spacial score (nSPS) is 10.4. The molecular formula is C29H27F2N7O3S. The highest BCUT2D eigenvalue weighted by atomic mass is 32.1. The Balaban J connectivity index is 1.32. The van der Waals surface area contributed by atoms with E-state index in [0.717, 1.165) is 11.8 Å². The molecule has 3 amide bonds. The molecule has 1 heterocycles. The van der Waals surface area contributed by atoms with Crippen molar-refractivity contribution in [3.63, 3.8) is 0 Å². The molecule has 4 rings (SSSR count). The average Bonchev–Trinajstić information content (AvgIpc) is 2.95. The van der Waals surface area contributed by atoms with Gasteiger partial charge in [0.2, 0.25) is 11.8 Å². The molecule has 0 aliphatic carbocycles. The second-order valence-electron chi connectivity index (χ2n) is 9.19. The van der Waals surface area contributed by atoms with E-state index in [1.807, 2.05) is 43.3 Å². The number of nitrogens with zero attached hydrogens (tertiary/aromatic N) is 4. The number of carbonyl (C=O) groups is 2. The number of carbonyl (C=O) groups excluding carboxylic acids is 2. The number of hydrogen-bond acceptors (Lipinski definition) is 7. The van der Waals surface area contributed by atoms with Crippen LogP contribution in [0.1, 0.15) is 5.56 Å². The molecule has 0 atom stereocenters. The van der Waals surface area contributed by atoms with Crippen molar-refractivity contribution < 1.29 is 23.1 Å². The number of aromatic nitrogens is 2. The maximum absolute atomic E-state index is 14.8. The number of nitrogens with one attached hydrogen (secondary N) is 3. The molecule has 0 aliphatic rings. The summed E-state index contributed by atoms with van der Waals surface area (Å²) in [4.78, 5) is 36.3. The Morgan fingerprint density at radius 2 is 1.57 bits per heavy atom. The summed E-state index contributed by atoms with van der Waals surface area (Å²) in [5, 5.41) is 7.84. The van der Waals surface area contributed by atoms with Gasteiger partial charge in [0.05, 0.1) is 6.42 Å². The quantitative estimate of drug-likeness (QED) is 0.236. The van der Waals surface area contributed by atoms with E-state index in [-0.39, 0.29) is 34.7 Å². The maximum Gasteiger partial charge on any atom is 0.327 e. The van der Waals surface area contributed by atoms with Gasteiger partial charge in [-0.1, -0.05) is 12.1 Å². The third-order valence-corrected chi connectivity index (χ3v) is 6.07. The second kappa shape index (κ2) is 13.5. The molecule has 4 aromatic rings. The van der Waals surface area contributed by atoms with Crippen LogP contribution in [0, 0.1) is 11.6 Å². The molecular weight excluding hydrogens is 564 g/mol. The van der Waals surface area contributed by atoms with Crippen molar-refractivity contribution in [1.82, 2.24) is 15.3 Å². The topological polar surface area (TPSA) is 112 Å². The van der Waals surface area contributed by atoms with E-state index in [9.17, 15) is 18.4 Å². The fourth-order valence-electron chi connectivity index (χ4n) is 3.64. The van der Waals surface area contributed by atoms with Crippen LogP contribution < -0.4 is 30.5 Å². The molecule has 1 aromatic heterocycles. The van der Waals surface area contributed by atoms with Crippen LogP contribution in [0.2, 0.25) is 0 Å². The standard InChI is InChI=1S/C29H27F2N7O3S/c1-37(2)21-9-11-22(12-10-21)38(3)29(40)35-25-16-27(33-17-32-25)41-24-13-8-20(15-23(24)31)34-28(42)36-26(39)14-18-4-6-19(30)7-5-18/h4-13,15-17H,14H2,1-3H3,(H,32,33,35,40)(H2,34,36,39,42). The fraction of sp³-hybridized carbons (Fsp3) is 0.138. The van der Waals surface area contributed by atoms with Gasteiger partial charge in [-0.05, 0) is 66.3 Å². The molecule has 0 aliphatic heterocycles. The van der Waals surface area contributed by atoms with Crippen LogP contribution in [-0.4, -0.2) is 48.2 Å². The van der Waals surface area contributed by atoms with Crippen LogP contribution >= 0.6 is 12.2 Å². The van der Waals surface area contributed by atoms with Gasteiger partial charge in [-0.2, -0.15) is 0 Å². The van der Waals surface area contributed by atoms with Crippen molar-refractivity contribution in [1.29, 1.82) is 0 Å². The number of amides is 3. The van der Waals surface area contributed by atoms with E-state index < -0.39 is 23.6 Å². The first-order valence-corrected chi connectivity index (χ1v) is 12.9. The third-order valence-electron chi connectivity index (χ3n) is 5.87. The molecule has 13 heteroatoms. The maximum atomic E-state index is 14.8. The van der Waals surface area contributed by atoms with Crippen LogP contribution in [0.4, 0.5) is 36.5 Å². The minimum absolute atomic E-state index is 0.00137. The van der Waals surface area contributed by atoms with Crippen molar-refractivity contribution in [2.24, 2.45) is 0 Å². The Labute approximate surface area is 246 Å². The summed E-state index contributed by atoms with van der Waals surface area (Å²) < 4.78 is 33.4. The zero-order valence-electron chi connectivity index (χ0n) is 22.9. The summed E-state index contributed by atoms with van der Waals surface area (Å²) in [5.41, 5.74) is 2.54. The SMILES string of the molecule is CN(C)c1ccc(N(C)C(=O)Nc2cc(Oc3ccc(NC(=S)NC(=O)Cc4ccc(F)cc4)cc3F)ncn2)cc1. The van der Waals surface area contributed by atoms with Crippen LogP contribution in [0.15, 0.2) is 79.1 Å². The lowest BCUT2D eigenvalue weighted by atomic mass is 10.1. The first kappa shape index (κ1) is 29.8. The molecule has 0 saturated carbocycles. The Hall–Kier alpha value is -5.17. The Kier molecular flexibility index (Phi) is 9.55. The summed E-state index contributed by atoms with van der Waals surface area (Å²) in [6.45, 7) is 0. The molecule has 3 aromatic carbocycles. The predicted molar refractivity (Wildman–Crippen MR) is 161 cm³/mol. The van der Waals surface area contributed by atoms with E-state index in [0.29, 0.717) is 11.3 Å². The molecule has 42 heavy (non-hydrogen) atoms. The van der Waals surface area contributed by atoms with Gasteiger partial charge in [0.15, 0.2) is 16.7 Å². The molecule has 0 spiro atoms. The monoisotopic (exact) mass is 591 g/mol. The van der Waals surface area contributed by atoms with Gasteiger partial charge >= 0.3 is 6.03 Å². The molecule has 0 radical (unpaired) electrons. The number of hydrogen-bond donors (Lipinski definition) is 3. The van der Waals surface area contributed by atoms with Gasteiger partial charge in [-0.25, -0.2) is 23.5 Å². The lowest BCUT2D eigenvalue weighted by molar-refractivity contribution is -0.119. The first-order chi connectivity index (χ1) is 20.1. The Morgan fingerprint density at radius 1 is 0.881 bits per heavy atom. The van der Waals surface area contributed by atoms with Crippen LogP contribution in [0.3, 0.4) is 0 Å². The average molecular weight is 592 g/mol. The van der Waals surface area contributed by atoms with Crippen molar-refractivity contribution in [3.8, 4) is 11.6 Å². The van der Waals surface area contributed by atoms with Gasteiger partial charge < -0.3 is 20.3 Å². The van der Waals surface area contributed by atoms with Crippen molar-refractivity contribution >= 4 is 52.1 Å². The third kappa shape index (κ3) is 8.17. The number of urea groups is 1. The summed E-state index contributed by atoms with van der Waals surface area (Å²) in [7, 11) is 5.47. The van der Waals surface area contributed by atoms with Gasteiger partial charge in [-0.15, -0.1) is 0 Å². The van der Waals surface area contributed by atoms with E-state index in [4.69, 9.17) is 17.0 Å². The van der Waals surface area contributed by atoms with Crippen LogP contribution in [-0.2, 0) is 11.2 Å². The lowest BCUT2D eigenvalue weighted by Crippen LogP contribution is -2.35. The van der Waals surface area contributed by atoms with Crippen molar-refractivity contribution in [2.45, 2.75) is 6.42 Å². The summed E-state index contributed by atoms with van der Waals surface area (Å²) >= 11 is 5.13. The van der Waals surface area contributed by atoms with E-state index >= 15 is 0 Å². The molecule has 0 bridgehead atoms. The summed E-state index contributed by atoms with van der Waals surface area (Å²) in [5.74, 6) is -1.53. The second-order valence-corrected chi connectivity index (χ2v) is 9.60. The number of thiocarbonyl (C=S) groups is 1. The van der Waals surface area contributed by atoms with Gasteiger partial charge in [0.1, 0.15) is 18.0 Å². The van der Waals surface area contributed by atoms with Crippen molar-refractivity contribution in [2.75, 3.05) is 41.6 Å². The number of halogens is 2. The zero-order valence-corrected chi connectivity index (χ0v) is 23.7. The van der Waals surface area contributed by atoms with Crippen molar-refractivity contribution in [3.05, 3.63) is 96.3 Å². The van der Waals surface area contributed by atoms with Gasteiger partial charge in [-0.3, -0.25) is 15.0 Å². The van der Waals surface area contributed by atoms with E-state index in [1.165, 1.54) is 53.7 Å². The number of ether oxygens (including phenoxy) is 1. The molecule has 10 nitrogen and oxygen atoms in total. The number of benzene rings is 3. The molecule has 0 unspecified atom stereocenters. The highest BCUT2D eigenvalue weighted by molar-refractivity contribution is 7.80. The van der Waals surface area contributed by atoms with E-state index in [1.54, 1.807) is 7.05 Å². The molecule has 3 N–H and O–H groups in total. The van der Waals surface area contributed by atoms with Crippen LogP contribution in [0.5, 0.6) is 11.6 Å². The number of rotatable bonds is 8. The minimum Gasteiger partial charge on any atom is -0.436 e. The molecule has 0 saturated heterocycles. The fourth-order valence-corrected chi connectivity index (χ4v) is 3.88. The molecule has 216 valence electrons. The largest absolute Gasteiger partial charge is 0.436 e. The zero-order chi connectivity index (χ0) is 30.2. The molecule has 0 fully saturated rings. The lowest BCUT2D eigenvalue weighted by Gasteiger charge is -2.19. The summed E-state index contributed by atoms with van der Waals surface area (Å²) in [6.07, 6.45) is 1.17. The summed E-state index contributed by atoms with van der Waals surface area (Å²) in [6, 6.07) is 17.8. The van der Waals surface area contributed by atoms with Gasteiger partial charge in [0.25, 0.3) is 0 Å². The highest BCUT2D eigenvalue weighted by Crippen LogP contribution is 2.27. The first-order valence-electron chi connectivity index (χ1n) is 12.5. The smallest absolute Gasteiger partial charge is 0.327 e. The Morgan fingerprint density at radius 3 is 2.24 bits per heavy atom. The Bertz CT molecular complexity index is 1590. The van der Waals surface area contributed by atoms with Gasteiger partial charge in [0, 0.05) is 50.3 Å². The minimum atomic E-state index is -0.731. The number of anilines is 4. The van der Waals surface area contributed by atoms with Crippen LogP contribution in [0.25, 0.3) is 0 Å². The predicted octanol–water partition coefficient (Wildman–Crippen LogP) is 5.34.